The van der Waals surface area contributed by atoms with Gasteiger partial charge in [0.25, 0.3) is 0 Å². The van der Waals surface area contributed by atoms with Gasteiger partial charge in [0.05, 0.1) is 6.54 Å². The second-order valence-corrected chi connectivity index (χ2v) is 3.87. The van der Waals surface area contributed by atoms with Crippen molar-refractivity contribution in [3.05, 3.63) is 23.5 Å². The quantitative estimate of drug-likeness (QED) is 0.563. The lowest BCUT2D eigenvalue weighted by Gasteiger charge is -2.09. The van der Waals surface area contributed by atoms with Crippen LogP contribution in [0.2, 0.25) is 0 Å². The topological polar surface area (TPSA) is 48.3 Å². The maximum absolute atomic E-state index is 11.1. The number of ketones is 1. The van der Waals surface area contributed by atoms with Crippen LogP contribution in [-0.4, -0.2) is 22.9 Å². The standard InChI is InChI=1S/C12H17NO3/c1-9-4-5-10(2)13(9)6-7-16-12(15)8-11(3)14/h4-5H,6-8H2,1-3H3. The minimum Gasteiger partial charge on any atom is -0.463 e. The predicted octanol–water partition coefficient (Wildman–Crippen LogP) is 1.63. The fraction of sp³-hybridized carbons (Fsp3) is 0.500. The van der Waals surface area contributed by atoms with Crippen LogP contribution in [0, 0.1) is 13.8 Å². The summed E-state index contributed by atoms with van der Waals surface area (Å²) in [6, 6.07) is 4.04. The van der Waals surface area contributed by atoms with Crippen molar-refractivity contribution in [2.45, 2.75) is 33.7 Å². The van der Waals surface area contributed by atoms with E-state index in [4.69, 9.17) is 4.74 Å². The first-order valence-electron chi connectivity index (χ1n) is 5.28. The van der Waals surface area contributed by atoms with Crippen LogP contribution in [0.15, 0.2) is 12.1 Å². The zero-order valence-electron chi connectivity index (χ0n) is 9.95. The number of hydrogen-bond acceptors (Lipinski definition) is 3. The number of carbonyl (C=O) groups is 2. The van der Waals surface area contributed by atoms with Gasteiger partial charge in [-0.25, -0.2) is 0 Å². The lowest BCUT2D eigenvalue weighted by Crippen LogP contribution is -2.14. The summed E-state index contributed by atoms with van der Waals surface area (Å²) >= 11 is 0. The van der Waals surface area contributed by atoms with E-state index in [-0.39, 0.29) is 12.2 Å². The third kappa shape index (κ3) is 3.53. The van der Waals surface area contributed by atoms with E-state index in [1.54, 1.807) is 0 Å². The van der Waals surface area contributed by atoms with Crippen molar-refractivity contribution in [2.75, 3.05) is 6.61 Å². The summed E-state index contributed by atoms with van der Waals surface area (Å²) in [4.78, 5) is 21.7. The Kier molecular flexibility index (Phi) is 4.28. The van der Waals surface area contributed by atoms with Crippen LogP contribution in [0.1, 0.15) is 24.7 Å². The van der Waals surface area contributed by atoms with Crippen molar-refractivity contribution in [3.8, 4) is 0 Å². The first kappa shape index (κ1) is 12.5. The average Bonchev–Trinajstić information content (AvgIpc) is 2.47. The van der Waals surface area contributed by atoms with Crippen molar-refractivity contribution < 1.29 is 14.3 Å². The number of Topliss-reactive ketones (excluding diaryl/α,β-unsaturated/α-hetero) is 1. The highest BCUT2D eigenvalue weighted by Crippen LogP contribution is 2.06. The fourth-order valence-electron chi connectivity index (χ4n) is 1.56. The fourth-order valence-corrected chi connectivity index (χ4v) is 1.56. The molecule has 1 aromatic rings. The van der Waals surface area contributed by atoms with E-state index in [0.717, 1.165) is 11.4 Å². The summed E-state index contributed by atoms with van der Waals surface area (Å²) < 4.78 is 7.03. The number of carbonyl (C=O) groups excluding carboxylic acids is 2. The molecule has 0 bridgehead atoms. The van der Waals surface area contributed by atoms with Gasteiger partial charge in [0.2, 0.25) is 0 Å². The van der Waals surface area contributed by atoms with Crippen molar-refractivity contribution >= 4 is 11.8 Å². The Labute approximate surface area is 95.2 Å². The summed E-state index contributed by atoms with van der Waals surface area (Å²) in [6.07, 6.45) is -0.135. The van der Waals surface area contributed by atoms with Gasteiger partial charge >= 0.3 is 5.97 Å². The Balaban J connectivity index is 2.36. The number of esters is 1. The zero-order chi connectivity index (χ0) is 12.1. The molecule has 0 atom stereocenters. The van der Waals surface area contributed by atoms with Gasteiger partial charge < -0.3 is 9.30 Å². The van der Waals surface area contributed by atoms with E-state index in [1.807, 2.05) is 26.0 Å². The lowest BCUT2D eigenvalue weighted by atomic mass is 10.3. The molecule has 1 aromatic heterocycles. The summed E-state index contributed by atoms with van der Waals surface area (Å²) in [6.45, 7) is 6.33. The highest BCUT2D eigenvalue weighted by Gasteiger charge is 2.07. The second kappa shape index (κ2) is 5.49. The number of nitrogens with zero attached hydrogens (tertiary/aromatic N) is 1. The van der Waals surface area contributed by atoms with Crippen molar-refractivity contribution in [2.24, 2.45) is 0 Å². The maximum Gasteiger partial charge on any atom is 0.313 e. The molecule has 0 unspecified atom stereocenters. The van der Waals surface area contributed by atoms with Gasteiger partial charge in [-0.2, -0.15) is 0 Å². The first-order valence-corrected chi connectivity index (χ1v) is 5.28. The summed E-state index contributed by atoms with van der Waals surface area (Å²) in [5.74, 6) is -0.617. The third-order valence-electron chi connectivity index (χ3n) is 2.39. The van der Waals surface area contributed by atoms with Gasteiger partial charge in [-0.05, 0) is 32.9 Å². The first-order chi connectivity index (χ1) is 7.50. The van der Waals surface area contributed by atoms with Gasteiger partial charge in [0.15, 0.2) is 0 Å². The predicted molar refractivity (Wildman–Crippen MR) is 60.2 cm³/mol. The molecule has 0 spiro atoms. The highest BCUT2D eigenvalue weighted by molar-refractivity contribution is 5.94. The van der Waals surface area contributed by atoms with Gasteiger partial charge in [-0.1, -0.05) is 0 Å². The van der Waals surface area contributed by atoms with Crippen LogP contribution >= 0.6 is 0 Å². The molecular weight excluding hydrogens is 206 g/mol. The summed E-state index contributed by atoms with van der Waals surface area (Å²) in [7, 11) is 0. The second-order valence-electron chi connectivity index (χ2n) is 3.87. The molecular formula is C12H17NO3. The zero-order valence-corrected chi connectivity index (χ0v) is 9.95. The number of rotatable bonds is 5. The van der Waals surface area contributed by atoms with Gasteiger partial charge in [-0.3, -0.25) is 9.59 Å². The SMILES string of the molecule is CC(=O)CC(=O)OCCn1c(C)ccc1C. The normalized spacial score (nSPS) is 10.2. The van der Waals surface area contributed by atoms with Gasteiger partial charge in [0.1, 0.15) is 18.8 Å². The molecule has 0 aliphatic carbocycles. The minimum atomic E-state index is -0.449. The molecule has 4 nitrogen and oxygen atoms in total. The molecule has 4 heteroatoms. The smallest absolute Gasteiger partial charge is 0.313 e. The average molecular weight is 223 g/mol. The number of aryl methyl sites for hydroxylation is 2. The number of hydrogen-bond donors (Lipinski definition) is 0. The Bertz CT molecular complexity index is 373. The minimum absolute atomic E-state index is 0.135. The monoisotopic (exact) mass is 223 g/mol. The molecule has 0 aliphatic rings. The molecule has 0 aromatic carbocycles. The van der Waals surface area contributed by atoms with Gasteiger partial charge in [0, 0.05) is 11.4 Å². The Morgan fingerprint density at radius 3 is 2.31 bits per heavy atom. The Morgan fingerprint density at radius 1 is 1.25 bits per heavy atom. The molecule has 1 rings (SSSR count). The highest BCUT2D eigenvalue weighted by atomic mass is 16.5. The molecule has 0 amide bonds. The van der Waals surface area contributed by atoms with Crippen molar-refractivity contribution in [1.82, 2.24) is 4.57 Å². The molecule has 1 heterocycles. The number of aromatic nitrogens is 1. The van der Waals surface area contributed by atoms with Crippen LogP contribution in [0.25, 0.3) is 0 Å². The van der Waals surface area contributed by atoms with Crippen LogP contribution < -0.4 is 0 Å². The maximum atomic E-state index is 11.1. The van der Waals surface area contributed by atoms with Crippen LogP contribution in [0.4, 0.5) is 0 Å². The summed E-state index contributed by atoms with van der Waals surface area (Å²) in [5.41, 5.74) is 2.28. The van der Waals surface area contributed by atoms with E-state index >= 15 is 0 Å². The van der Waals surface area contributed by atoms with Crippen LogP contribution in [0.3, 0.4) is 0 Å². The third-order valence-corrected chi connectivity index (χ3v) is 2.39. The molecule has 0 aliphatic heterocycles. The molecule has 0 saturated heterocycles. The molecule has 0 saturated carbocycles. The van der Waals surface area contributed by atoms with Gasteiger partial charge in [-0.15, -0.1) is 0 Å². The molecule has 16 heavy (non-hydrogen) atoms. The Hall–Kier alpha value is -1.58. The summed E-state index contributed by atoms with van der Waals surface area (Å²) in [5, 5.41) is 0. The van der Waals surface area contributed by atoms with E-state index in [0.29, 0.717) is 13.2 Å². The number of ether oxygens (including phenoxy) is 1. The lowest BCUT2D eigenvalue weighted by molar-refractivity contribution is -0.145. The molecule has 88 valence electrons. The van der Waals surface area contributed by atoms with Crippen LogP contribution in [0.5, 0.6) is 0 Å². The largest absolute Gasteiger partial charge is 0.463 e. The molecule has 0 radical (unpaired) electrons. The van der Waals surface area contributed by atoms with Crippen molar-refractivity contribution in [3.63, 3.8) is 0 Å². The van der Waals surface area contributed by atoms with E-state index in [2.05, 4.69) is 4.57 Å². The van der Waals surface area contributed by atoms with E-state index in [9.17, 15) is 9.59 Å². The molecule has 0 fully saturated rings. The Morgan fingerprint density at radius 2 is 1.81 bits per heavy atom. The van der Waals surface area contributed by atoms with Crippen molar-refractivity contribution in [1.29, 1.82) is 0 Å². The molecule has 0 N–H and O–H groups in total. The van der Waals surface area contributed by atoms with E-state index < -0.39 is 5.97 Å². The van der Waals surface area contributed by atoms with Crippen LogP contribution in [-0.2, 0) is 20.9 Å². The van der Waals surface area contributed by atoms with E-state index in [1.165, 1.54) is 6.92 Å².